The second-order valence-electron chi connectivity index (χ2n) is 5.69. The summed E-state index contributed by atoms with van der Waals surface area (Å²) in [4.78, 5) is 4.52. The summed E-state index contributed by atoms with van der Waals surface area (Å²) in [5, 5.41) is 17.7. The summed E-state index contributed by atoms with van der Waals surface area (Å²) in [6.45, 7) is 8.30. The standard InChI is InChI=1S/C15H24N4O/c1-11(2)19-15-14(10-18-19)6-13(9-17-15)8-16-7-12(3)4-5-20/h6,9-12,16,20H,4-5,7-8H2,1-3H3. The minimum Gasteiger partial charge on any atom is -0.396 e. The van der Waals surface area contributed by atoms with Crippen LogP contribution >= 0.6 is 0 Å². The van der Waals surface area contributed by atoms with Gasteiger partial charge in [-0.25, -0.2) is 9.67 Å². The molecule has 110 valence electrons. The fourth-order valence-electron chi connectivity index (χ4n) is 2.25. The number of nitrogens with one attached hydrogen (secondary N) is 1. The molecule has 0 radical (unpaired) electrons. The first-order valence-corrected chi connectivity index (χ1v) is 7.25. The van der Waals surface area contributed by atoms with Crippen molar-refractivity contribution in [2.45, 2.75) is 39.8 Å². The average Bonchev–Trinajstić information content (AvgIpc) is 2.82. The number of aliphatic hydroxyl groups excluding tert-OH is 1. The van der Waals surface area contributed by atoms with Crippen LogP contribution in [0.2, 0.25) is 0 Å². The van der Waals surface area contributed by atoms with E-state index in [1.165, 1.54) is 0 Å². The van der Waals surface area contributed by atoms with Crippen molar-refractivity contribution < 1.29 is 5.11 Å². The van der Waals surface area contributed by atoms with Crippen LogP contribution in [-0.4, -0.2) is 33.0 Å². The van der Waals surface area contributed by atoms with Crippen molar-refractivity contribution in [3.05, 3.63) is 24.0 Å². The third-order valence-corrected chi connectivity index (χ3v) is 3.42. The summed E-state index contributed by atoms with van der Waals surface area (Å²) < 4.78 is 1.94. The summed E-state index contributed by atoms with van der Waals surface area (Å²) in [5.74, 6) is 0.486. The van der Waals surface area contributed by atoms with E-state index in [9.17, 15) is 0 Å². The number of rotatable bonds is 7. The van der Waals surface area contributed by atoms with E-state index in [1.807, 2.05) is 17.1 Å². The highest BCUT2D eigenvalue weighted by molar-refractivity contribution is 5.75. The average molecular weight is 276 g/mol. The van der Waals surface area contributed by atoms with Gasteiger partial charge in [0.05, 0.1) is 6.20 Å². The number of fused-ring (bicyclic) bond motifs is 1. The lowest BCUT2D eigenvalue weighted by Gasteiger charge is -2.11. The number of hydrogen-bond acceptors (Lipinski definition) is 4. The van der Waals surface area contributed by atoms with Crippen molar-refractivity contribution >= 4 is 11.0 Å². The molecule has 0 aliphatic heterocycles. The molecule has 0 aromatic carbocycles. The zero-order valence-electron chi connectivity index (χ0n) is 12.5. The lowest BCUT2D eigenvalue weighted by Crippen LogP contribution is -2.21. The van der Waals surface area contributed by atoms with Gasteiger partial charge in [0.25, 0.3) is 0 Å². The van der Waals surface area contributed by atoms with E-state index in [0.29, 0.717) is 12.0 Å². The zero-order valence-corrected chi connectivity index (χ0v) is 12.5. The molecule has 0 spiro atoms. The Morgan fingerprint density at radius 1 is 1.30 bits per heavy atom. The molecule has 2 aromatic heterocycles. The van der Waals surface area contributed by atoms with Gasteiger partial charge in [-0.3, -0.25) is 0 Å². The largest absolute Gasteiger partial charge is 0.396 e. The molecule has 2 heterocycles. The van der Waals surface area contributed by atoms with Gasteiger partial charge >= 0.3 is 0 Å². The monoisotopic (exact) mass is 276 g/mol. The lowest BCUT2D eigenvalue weighted by molar-refractivity contribution is 0.260. The van der Waals surface area contributed by atoms with E-state index < -0.39 is 0 Å². The maximum Gasteiger partial charge on any atom is 0.157 e. The molecule has 0 saturated carbocycles. The molecule has 2 N–H and O–H groups in total. The summed E-state index contributed by atoms with van der Waals surface area (Å²) in [6.07, 6.45) is 4.62. The van der Waals surface area contributed by atoms with Crippen molar-refractivity contribution in [1.29, 1.82) is 0 Å². The maximum atomic E-state index is 8.87. The Hall–Kier alpha value is -1.46. The second-order valence-corrected chi connectivity index (χ2v) is 5.69. The van der Waals surface area contributed by atoms with Crippen molar-refractivity contribution in [3.63, 3.8) is 0 Å². The number of pyridine rings is 1. The normalized spacial score (nSPS) is 13.2. The van der Waals surface area contributed by atoms with E-state index in [4.69, 9.17) is 5.11 Å². The number of hydrogen-bond donors (Lipinski definition) is 2. The van der Waals surface area contributed by atoms with E-state index in [1.54, 1.807) is 0 Å². The van der Waals surface area contributed by atoms with Crippen LogP contribution in [0.3, 0.4) is 0 Å². The molecule has 0 aliphatic rings. The van der Waals surface area contributed by atoms with Crippen LogP contribution in [0.15, 0.2) is 18.5 Å². The fourth-order valence-corrected chi connectivity index (χ4v) is 2.25. The third kappa shape index (κ3) is 3.55. The molecule has 2 aromatic rings. The molecular formula is C15H24N4O. The predicted molar refractivity (Wildman–Crippen MR) is 80.5 cm³/mol. The van der Waals surface area contributed by atoms with Crippen molar-refractivity contribution in [1.82, 2.24) is 20.1 Å². The number of nitrogens with zero attached hydrogens (tertiary/aromatic N) is 3. The minimum atomic E-state index is 0.255. The quantitative estimate of drug-likeness (QED) is 0.813. The molecule has 0 fully saturated rings. The highest BCUT2D eigenvalue weighted by Crippen LogP contribution is 2.16. The Bertz CT molecular complexity index is 550. The molecule has 1 unspecified atom stereocenters. The van der Waals surface area contributed by atoms with Gasteiger partial charge in [-0.2, -0.15) is 5.10 Å². The van der Waals surface area contributed by atoms with E-state index in [0.717, 1.165) is 36.1 Å². The predicted octanol–water partition coefficient (Wildman–Crippen LogP) is 2.12. The Morgan fingerprint density at radius 3 is 2.80 bits per heavy atom. The van der Waals surface area contributed by atoms with E-state index >= 15 is 0 Å². The van der Waals surface area contributed by atoms with Gasteiger partial charge in [-0.1, -0.05) is 6.92 Å². The molecular weight excluding hydrogens is 252 g/mol. The Labute approximate surface area is 120 Å². The summed E-state index contributed by atoms with van der Waals surface area (Å²) in [6, 6.07) is 2.46. The van der Waals surface area contributed by atoms with Gasteiger partial charge in [-0.15, -0.1) is 0 Å². The van der Waals surface area contributed by atoms with E-state index in [2.05, 4.69) is 42.2 Å². The topological polar surface area (TPSA) is 63.0 Å². The molecule has 5 nitrogen and oxygen atoms in total. The third-order valence-electron chi connectivity index (χ3n) is 3.42. The summed E-state index contributed by atoms with van der Waals surface area (Å²) in [7, 11) is 0. The summed E-state index contributed by atoms with van der Waals surface area (Å²) >= 11 is 0. The summed E-state index contributed by atoms with van der Waals surface area (Å²) in [5.41, 5.74) is 2.11. The van der Waals surface area contributed by atoms with Crippen LogP contribution in [0.1, 0.15) is 38.8 Å². The first kappa shape index (κ1) is 14.9. The molecule has 0 aliphatic carbocycles. The molecule has 2 rings (SSSR count). The van der Waals surface area contributed by atoms with Crippen LogP contribution < -0.4 is 5.32 Å². The zero-order chi connectivity index (χ0) is 14.5. The SMILES string of the molecule is CC(CCO)CNCc1cnc2c(cnn2C(C)C)c1. The van der Waals surface area contributed by atoms with Crippen molar-refractivity contribution in [3.8, 4) is 0 Å². The molecule has 0 bridgehead atoms. The number of aliphatic hydroxyl groups is 1. The Kier molecular flexibility index (Phi) is 5.09. The first-order chi connectivity index (χ1) is 9.61. The van der Waals surface area contributed by atoms with Crippen LogP contribution in [0.25, 0.3) is 11.0 Å². The van der Waals surface area contributed by atoms with Gasteiger partial charge < -0.3 is 10.4 Å². The van der Waals surface area contributed by atoms with Crippen LogP contribution in [0.5, 0.6) is 0 Å². The highest BCUT2D eigenvalue weighted by Gasteiger charge is 2.08. The maximum absolute atomic E-state index is 8.87. The molecule has 0 saturated heterocycles. The Morgan fingerprint density at radius 2 is 2.10 bits per heavy atom. The van der Waals surface area contributed by atoms with Crippen molar-refractivity contribution in [2.24, 2.45) is 5.92 Å². The van der Waals surface area contributed by atoms with E-state index in [-0.39, 0.29) is 6.61 Å². The van der Waals surface area contributed by atoms with Gasteiger partial charge in [0, 0.05) is 30.8 Å². The van der Waals surface area contributed by atoms with Crippen LogP contribution in [0.4, 0.5) is 0 Å². The highest BCUT2D eigenvalue weighted by atomic mass is 16.3. The lowest BCUT2D eigenvalue weighted by atomic mass is 10.1. The second kappa shape index (κ2) is 6.81. The van der Waals surface area contributed by atoms with Gasteiger partial charge in [0.2, 0.25) is 0 Å². The molecule has 1 atom stereocenters. The van der Waals surface area contributed by atoms with Crippen LogP contribution in [-0.2, 0) is 6.54 Å². The minimum absolute atomic E-state index is 0.255. The first-order valence-electron chi connectivity index (χ1n) is 7.25. The molecule has 20 heavy (non-hydrogen) atoms. The van der Waals surface area contributed by atoms with Crippen LogP contribution in [0, 0.1) is 5.92 Å². The fraction of sp³-hybridized carbons (Fsp3) is 0.600. The Balaban J connectivity index is 1.98. The number of aromatic nitrogens is 3. The molecule has 0 amide bonds. The smallest absolute Gasteiger partial charge is 0.157 e. The van der Waals surface area contributed by atoms with Gasteiger partial charge in [0.1, 0.15) is 0 Å². The van der Waals surface area contributed by atoms with Gasteiger partial charge in [0.15, 0.2) is 5.65 Å². The molecule has 5 heteroatoms. The van der Waals surface area contributed by atoms with Crippen molar-refractivity contribution in [2.75, 3.05) is 13.2 Å². The van der Waals surface area contributed by atoms with Gasteiger partial charge in [-0.05, 0) is 44.4 Å².